The van der Waals surface area contributed by atoms with E-state index in [1.54, 1.807) is 16.8 Å². The molecule has 0 radical (unpaired) electrons. The van der Waals surface area contributed by atoms with Crippen LogP contribution in [0.2, 0.25) is 0 Å². The summed E-state index contributed by atoms with van der Waals surface area (Å²) in [4.78, 5) is 54.4. The van der Waals surface area contributed by atoms with Gasteiger partial charge in [0.05, 0.1) is 61.3 Å². The molecule has 5 atom stereocenters. The maximum Gasteiger partial charge on any atom is 0.249 e. The van der Waals surface area contributed by atoms with Crippen molar-refractivity contribution in [2.75, 3.05) is 66.4 Å². The number of likely N-dealkylation sites (N-methyl/N-ethyl adjacent to an activating group) is 1. The molecular weight excluding hydrogens is 938 g/mol. The Balaban J connectivity index is 0.821. The van der Waals surface area contributed by atoms with Gasteiger partial charge in [-0.3, -0.25) is 19.3 Å². The maximum absolute atomic E-state index is 16.0. The quantitative estimate of drug-likeness (QED) is 0.0628. The lowest BCUT2D eigenvalue weighted by molar-refractivity contribution is -0.153. The average Bonchev–Trinajstić information content (AvgIpc) is 4.03. The van der Waals surface area contributed by atoms with Crippen molar-refractivity contribution < 1.29 is 51.6 Å². The highest BCUT2D eigenvalue weighted by molar-refractivity contribution is 7.13. The van der Waals surface area contributed by atoms with Gasteiger partial charge in [0.1, 0.15) is 48.4 Å². The predicted octanol–water partition coefficient (Wildman–Crippen LogP) is 7.54. The Morgan fingerprint density at radius 3 is 2.24 bits per heavy atom. The van der Waals surface area contributed by atoms with Crippen molar-refractivity contribution in [3.8, 4) is 16.2 Å². The molecule has 18 heteroatoms. The fourth-order valence-corrected chi connectivity index (χ4v) is 10.5. The molecule has 14 nitrogen and oxygen atoms in total. The molecule has 3 N–H and O–H groups in total. The number of hydrogen-bond donors (Lipinski definition) is 3. The van der Waals surface area contributed by atoms with Crippen LogP contribution in [0.4, 0.5) is 13.2 Å². The van der Waals surface area contributed by atoms with Gasteiger partial charge in [0.15, 0.2) is 0 Å². The fraction of sp³-hybridized carbons (Fsp3) is 0.509. The molecule has 1 unspecified atom stereocenters. The van der Waals surface area contributed by atoms with Crippen molar-refractivity contribution in [2.24, 2.45) is 5.41 Å². The van der Waals surface area contributed by atoms with Crippen molar-refractivity contribution in [1.29, 1.82) is 0 Å². The number of fused-ring (bicyclic) bond motifs is 3. The molecule has 1 fully saturated rings. The van der Waals surface area contributed by atoms with E-state index in [2.05, 4.69) is 15.3 Å². The van der Waals surface area contributed by atoms with E-state index in [4.69, 9.17) is 18.9 Å². The number of β-amino-alcohol motifs (C(OH)–C–C–N with tert-alkyl or cyclic N) is 1. The zero-order valence-electron chi connectivity index (χ0n) is 41.9. The minimum atomic E-state index is -1.61. The number of H-pyrrole nitrogens is 1. The number of amides is 3. The summed E-state index contributed by atoms with van der Waals surface area (Å²) in [7, 11) is 1.53. The summed E-state index contributed by atoms with van der Waals surface area (Å²) >= 11 is 1.56. The lowest BCUT2D eigenvalue weighted by Gasteiger charge is -2.43. The summed E-state index contributed by atoms with van der Waals surface area (Å²) in [6, 6.07) is 14.9. The Bertz CT molecular complexity index is 2610. The molecule has 0 aliphatic carbocycles. The fourth-order valence-electron chi connectivity index (χ4n) is 9.71. The lowest BCUT2D eigenvalue weighted by Crippen LogP contribution is -2.58. The smallest absolute Gasteiger partial charge is 0.249 e. The number of thiazole rings is 1. The standard InChI is InChI=1S/C53H67F3N6O8S/c1-32-23-39-38-11-9-10-12-42(38)59-46(39)47(62(32)30-53(6,7)56)45-40(54)25-37(26-41(45)55)70-22-21-68-18-17-67-19-20-69-29-44(64)60(8)49(52(3,4)5)51(66)61-28-36(63)24-43(61)50(65)57-27-34-13-15-35(16-14-34)48-33(2)58-31-71-48/h9-16,25-26,31-32,36,43,47,49,59,63H,17-24,27-30H2,1-8H3,(H,57,65)/t32-,36-,43+,47-,49?/m1/s1. The van der Waals surface area contributed by atoms with Gasteiger partial charge in [0, 0.05) is 73.4 Å². The highest BCUT2D eigenvalue weighted by atomic mass is 32.1. The van der Waals surface area contributed by atoms with Crippen molar-refractivity contribution in [1.82, 2.24) is 30.0 Å². The van der Waals surface area contributed by atoms with Crippen LogP contribution >= 0.6 is 11.3 Å². The minimum Gasteiger partial charge on any atom is -0.491 e. The monoisotopic (exact) mass is 1000 g/mol. The number of aliphatic hydroxyl groups excluding tert-OH is 1. The molecule has 2 aromatic heterocycles. The first-order chi connectivity index (χ1) is 33.7. The number of para-hydroxylation sites is 1. The molecule has 0 saturated carbocycles. The second-order valence-corrected chi connectivity index (χ2v) is 21.0. The number of hydrogen-bond acceptors (Lipinski definition) is 11. The molecule has 3 aromatic carbocycles. The summed E-state index contributed by atoms with van der Waals surface area (Å²) in [6.07, 6.45) is -0.223. The van der Waals surface area contributed by atoms with Crippen LogP contribution in [-0.2, 0) is 41.6 Å². The third-order valence-electron chi connectivity index (χ3n) is 13.0. The van der Waals surface area contributed by atoms with E-state index in [9.17, 15) is 19.5 Å². The van der Waals surface area contributed by atoms with Crippen LogP contribution in [0.25, 0.3) is 21.3 Å². The number of nitrogens with one attached hydrogen (secondary N) is 2. The third kappa shape index (κ3) is 13.0. The van der Waals surface area contributed by atoms with Crippen molar-refractivity contribution in [3.05, 3.63) is 106 Å². The molecule has 0 bridgehead atoms. The first kappa shape index (κ1) is 53.4. The molecule has 71 heavy (non-hydrogen) atoms. The summed E-state index contributed by atoms with van der Waals surface area (Å²) < 4.78 is 69.6. The van der Waals surface area contributed by atoms with Crippen LogP contribution in [0.5, 0.6) is 5.75 Å². The average molecular weight is 1010 g/mol. The van der Waals surface area contributed by atoms with Gasteiger partial charge in [0.25, 0.3) is 0 Å². The number of ether oxygens (including phenoxy) is 4. The first-order valence-electron chi connectivity index (χ1n) is 24.1. The van der Waals surface area contributed by atoms with Gasteiger partial charge < -0.3 is 44.2 Å². The molecule has 5 aromatic rings. The molecule has 4 heterocycles. The van der Waals surface area contributed by atoms with Crippen LogP contribution in [-0.4, -0.2) is 144 Å². The Hall–Kier alpha value is -5.37. The van der Waals surface area contributed by atoms with Crippen LogP contribution in [0.3, 0.4) is 0 Å². The largest absolute Gasteiger partial charge is 0.491 e. The van der Waals surface area contributed by atoms with Gasteiger partial charge in [-0.25, -0.2) is 18.2 Å². The Labute approximate surface area is 417 Å². The molecule has 3 amide bonds. The number of aromatic nitrogens is 2. The zero-order valence-corrected chi connectivity index (χ0v) is 42.7. The van der Waals surface area contributed by atoms with Gasteiger partial charge in [-0.1, -0.05) is 63.2 Å². The SMILES string of the molecule is Cc1ncsc1-c1ccc(CNC(=O)[C@@H]2C[C@@H](O)CN2C(=O)C(N(C)C(=O)COCCOCCOCCOc2cc(F)c([C@@H]3c4[nH]c5ccccc5c4C[C@@H](C)N3CC(C)(C)F)c(F)c2)C(C)(C)C)cc1. The summed E-state index contributed by atoms with van der Waals surface area (Å²) in [5, 5.41) is 14.5. The normalized spacial score (nSPS) is 19.0. The van der Waals surface area contributed by atoms with E-state index in [-0.39, 0.29) is 95.6 Å². The first-order valence-corrected chi connectivity index (χ1v) is 25.0. The van der Waals surface area contributed by atoms with E-state index in [0.29, 0.717) is 12.1 Å². The highest BCUT2D eigenvalue weighted by Gasteiger charge is 2.46. The number of benzene rings is 3. The molecule has 1 saturated heterocycles. The Morgan fingerprint density at radius 1 is 0.958 bits per heavy atom. The number of carbonyl (C=O) groups excluding carboxylic acids is 3. The zero-order chi connectivity index (χ0) is 51.2. The Morgan fingerprint density at radius 2 is 1.61 bits per heavy atom. The molecule has 384 valence electrons. The van der Waals surface area contributed by atoms with Crippen LogP contribution in [0.15, 0.2) is 66.2 Å². The summed E-state index contributed by atoms with van der Waals surface area (Å²) in [5.41, 5.74) is 4.62. The van der Waals surface area contributed by atoms with Gasteiger partial charge in [-0.2, -0.15) is 0 Å². The summed E-state index contributed by atoms with van der Waals surface area (Å²) in [6.45, 7) is 13.0. The van der Waals surface area contributed by atoms with E-state index < -0.39 is 58.8 Å². The number of likely N-dealkylation sites (tertiary alicyclic amines) is 1. The third-order valence-corrected chi connectivity index (χ3v) is 14.0. The van der Waals surface area contributed by atoms with E-state index in [1.165, 1.54) is 30.7 Å². The van der Waals surface area contributed by atoms with Gasteiger partial charge in [0.2, 0.25) is 17.7 Å². The van der Waals surface area contributed by atoms with Gasteiger partial charge in [-0.15, -0.1) is 11.3 Å². The molecule has 2 aliphatic rings. The number of nitrogens with zero attached hydrogens (tertiary/aromatic N) is 4. The number of halogens is 3. The molecule has 7 rings (SSSR count). The molecule has 2 aliphatic heterocycles. The number of aliphatic hydroxyl groups is 1. The molecular formula is C53H67F3N6O8S. The lowest BCUT2D eigenvalue weighted by atomic mass is 9.84. The second kappa shape index (κ2) is 23.0. The van der Waals surface area contributed by atoms with Crippen molar-refractivity contribution in [3.63, 3.8) is 0 Å². The van der Waals surface area contributed by atoms with Crippen LogP contribution < -0.4 is 10.1 Å². The number of carbonyl (C=O) groups is 3. The number of aryl methyl sites for hydroxylation is 1. The minimum absolute atomic E-state index is 0.00392. The van der Waals surface area contributed by atoms with Crippen LogP contribution in [0.1, 0.15) is 82.1 Å². The van der Waals surface area contributed by atoms with Gasteiger partial charge in [-0.05, 0) is 62.3 Å². The van der Waals surface area contributed by atoms with Crippen molar-refractivity contribution >= 4 is 40.0 Å². The van der Waals surface area contributed by atoms with E-state index >= 15 is 13.2 Å². The van der Waals surface area contributed by atoms with Gasteiger partial charge >= 0.3 is 0 Å². The van der Waals surface area contributed by atoms with E-state index in [0.717, 1.165) is 50.3 Å². The van der Waals surface area contributed by atoms with E-state index in [1.807, 2.05) is 88.0 Å². The number of rotatable bonds is 21. The topological polar surface area (TPSA) is 159 Å². The number of alkyl halides is 1. The van der Waals surface area contributed by atoms with Crippen molar-refractivity contribution in [2.45, 2.75) is 104 Å². The predicted molar refractivity (Wildman–Crippen MR) is 266 cm³/mol. The molecule has 0 spiro atoms. The van der Waals surface area contributed by atoms with Crippen LogP contribution in [0, 0.1) is 24.0 Å². The summed E-state index contributed by atoms with van der Waals surface area (Å²) in [5.74, 6) is -2.87. The highest BCUT2D eigenvalue weighted by Crippen LogP contribution is 2.44. The maximum atomic E-state index is 16.0. The Kier molecular flexibility index (Phi) is 17.3. The number of aromatic amines is 1. The second-order valence-electron chi connectivity index (χ2n) is 20.2.